The molecule has 2 aromatic rings. The molecule has 0 saturated carbocycles. The number of anilines is 4. The average molecular weight is 445 g/mol. The Kier molecular flexibility index (Phi) is 6.77. The van der Waals surface area contributed by atoms with Gasteiger partial charge in [-0.3, -0.25) is 19.4 Å². The fraction of sp³-hybridized carbons (Fsp3) is 0.316. The summed E-state index contributed by atoms with van der Waals surface area (Å²) in [6, 6.07) is 4.93. The van der Waals surface area contributed by atoms with Gasteiger partial charge in [-0.25, -0.2) is 4.79 Å². The van der Waals surface area contributed by atoms with E-state index >= 15 is 0 Å². The maximum Gasteiger partial charge on any atom is 0.326 e. The molecule has 0 radical (unpaired) electrons. The number of nitrogens with one attached hydrogen (secondary N) is 5. The largest absolute Gasteiger partial charge is 0.481 e. The number of H-pyrrole nitrogens is 1. The van der Waals surface area contributed by atoms with Crippen LogP contribution >= 0.6 is 0 Å². The molecular formula is C19H23N7O6. The highest BCUT2D eigenvalue weighted by atomic mass is 16.4. The highest BCUT2D eigenvalue weighted by molar-refractivity contribution is 5.96. The van der Waals surface area contributed by atoms with Gasteiger partial charge in [-0.1, -0.05) is 0 Å². The van der Waals surface area contributed by atoms with Crippen LogP contribution in [0.2, 0.25) is 0 Å². The molecule has 170 valence electrons. The van der Waals surface area contributed by atoms with E-state index < -0.39 is 23.9 Å². The number of carbonyl (C=O) groups is 3. The topological polar surface area (TPSA) is 212 Å². The molecule has 3 rings (SSSR count). The third-order valence-corrected chi connectivity index (χ3v) is 4.75. The summed E-state index contributed by atoms with van der Waals surface area (Å²) < 4.78 is 0. The van der Waals surface area contributed by atoms with E-state index in [0.29, 0.717) is 30.3 Å². The first-order valence-corrected chi connectivity index (χ1v) is 9.72. The molecule has 13 heteroatoms. The number of aromatic nitrogens is 2. The van der Waals surface area contributed by atoms with E-state index in [9.17, 15) is 19.2 Å². The number of aliphatic carboxylic acids is 2. The van der Waals surface area contributed by atoms with Crippen LogP contribution in [0.1, 0.15) is 23.2 Å². The van der Waals surface area contributed by atoms with Crippen molar-refractivity contribution in [2.75, 3.05) is 34.8 Å². The predicted molar refractivity (Wildman–Crippen MR) is 116 cm³/mol. The molecule has 2 atom stereocenters. The van der Waals surface area contributed by atoms with Gasteiger partial charge in [-0.2, -0.15) is 4.98 Å². The minimum absolute atomic E-state index is 0.0281. The summed E-state index contributed by atoms with van der Waals surface area (Å²) in [6.45, 7) is 0.960. The lowest BCUT2D eigenvalue weighted by Gasteiger charge is -2.27. The van der Waals surface area contributed by atoms with E-state index in [1.165, 1.54) is 12.1 Å². The zero-order valence-electron chi connectivity index (χ0n) is 16.8. The van der Waals surface area contributed by atoms with Crippen molar-refractivity contribution in [2.24, 2.45) is 0 Å². The molecule has 1 aromatic heterocycles. The van der Waals surface area contributed by atoms with Gasteiger partial charge in [0.2, 0.25) is 5.95 Å². The summed E-state index contributed by atoms with van der Waals surface area (Å²) >= 11 is 0. The molecule has 1 aliphatic heterocycles. The number of benzene rings is 1. The minimum atomic E-state index is -1.30. The summed E-state index contributed by atoms with van der Waals surface area (Å²) in [4.78, 5) is 52.6. The number of carboxylic acids is 2. The molecule has 1 amide bonds. The molecule has 0 fully saturated rings. The second kappa shape index (κ2) is 9.68. The number of carboxylic acid groups (broad SMARTS) is 2. The lowest BCUT2D eigenvalue weighted by Crippen LogP contribution is -2.41. The Hall–Kier alpha value is -4.29. The van der Waals surface area contributed by atoms with Gasteiger partial charge in [-0.15, -0.1) is 0 Å². The number of nitrogens with zero attached hydrogens (tertiary/aromatic N) is 1. The van der Waals surface area contributed by atoms with E-state index in [-0.39, 0.29) is 36.0 Å². The van der Waals surface area contributed by atoms with E-state index in [2.05, 4.69) is 31.2 Å². The lowest BCUT2D eigenvalue weighted by molar-refractivity contribution is -0.140. The number of carbonyl (C=O) groups excluding carboxylic acids is 1. The SMILES string of the molecule is Nc1nc2c(c(=O)[nH]1)N[C@@H](CNc1ccc(C(=O)NC(CCC(=O)O)C(=O)O)cc1)CN2. The Morgan fingerprint density at radius 2 is 1.94 bits per heavy atom. The van der Waals surface area contributed by atoms with Crippen molar-refractivity contribution < 1.29 is 24.6 Å². The Balaban J connectivity index is 1.54. The van der Waals surface area contributed by atoms with Crippen molar-refractivity contribution >= 4 is 41.0 Å². The van der Waals surface area contributed by atoms with Gasteiger partial charge in [0, 0.05) is 30.8 Å². The lowest BCUT2D eigenvalue weighted by atomic mass is 10.1. The van der Waals surface area contributed by atoms with Crippen molar-refractivity contribution in [1.29, 1.82) is 0 Å². The van der Waals surface area contributed by atoms with Crippen molar-refractivity contribution in [3.05, 3.63) is 40.2 Å². The molecule has 0 spiro atoms. The van der Waals surface area contributed by atoms with Crippen LogP contribution in [0.5, 0.6) is 0 Å². The number of nitrogen functional groups attached to an aromatic ring is 1. The van der Waals surface area contributed by atoms with Crippen LogP contribution in [-0.2, 0) is 9.59 Å². The average Bonchev–Trinajstić information content (AvgIpc) is 2.75. The number of fused-ring (bicyclic) bond motifs is 1. The Bertz CT molecular complexity index is 1070. The van der Waals surface area contributed by atoms with Gasteiger partial charge in [0.1, 0.15) is 11.7 Å². The van der Waals surface area contributed by atoms with E-state index in [4.69, 9.17) is 15.9 Å². The Labute approximate surface area is 181 Å². The standard InChI is InChI=1S/C19H23N7O6/c20-19-25-15-14(17(30)26-19)23-11(8-22-15)7-21-10-3-1-9(2-4-10)16(29)24-12(18(31)32)5-6-13(27)28/h1-4,11-12,21,23H,5-8H2,(H,24,29)(H,27,28)(H,31,32)(H4,20,22,25,26,30)/t11-,12?/m0/s1. The summed E-state index contributed by atoms with van der Waals surface area (Å²) in [7, 11) is 0. The number of amides is 1. The third-order valence-electron chi connectivity index (χ3n) is 4.75. The number of rotatable bonds is 9. The summed E-state index contributed by atoms with van der Waals surface area (Å²) in [5.41, 5.74) is 6.40. The Morgan fingerprint density at radius 1 is 1.22 bits per heavy atom. The molecule has 0 saturated heterocycles. The maximum atomic E-state index is 12.3. The number of hydrogen-bond acceptors (Lipinski definition) is 9. The number of nitrogens with two attached hydrogens (primary N) is 1. The van der Waals surface area contributed by atoms with Crippen LogP contribution < -0.4 is 32.6 Å². The van der Waals surface area contributed by atoms with Gasteiger partial charge in [0.05, 0.1) is 6.04 Å². The third kappa shape index (κ3) is 5.65. The van der Waals surface area contributed by atoms with Gasteiger partial charge in [0.15, 0.2) is 5.82 Å². The summed E-state index contributed by atoms with van der Waals surface area (Å²) in [6.07, 6.45) is -0.587. The van der Waals surface area contributed by atoms with Crippen molar-refractivity contribution in [3.8, 4) is 0 Å². The molecule has 0 aliphatic carbocycles. The molecule has 2 heterocycles. The smallest absolute Gasteiger partial charge is 0.326 e. The fourth-order valence-corrected chi connectivity index (χ4v) is 3.10. The normalized spacial score (nSPS) is 15.4. The zero-order valence-corrected chi connectivity index (χ0v) is 16.8. The second-order valence-corrected chi connectivity index (χ2v) is 7.15. The van der Waals surface area contributed by atoms with Crippen molar-refractivity contribution in [3.63, 3.8) is 0 Å². The fourth-order valence-electron chi connectivity index (χ4n) is 3.10. The number of aromatic amines is 1. The molecule has 1 aromatic carbocycles. The van der Waals surface area contributed by atoms with E-state index in [0.717, 1.165) is 0 Å². The highest BCUT2D eigenvalue weighted by Gasteiger charge is 2.23. The van der Waals surface area contributed by atoms with Gasteiger partial charge < -0.3 is 37.2 Å². The molecule has 0 bridgehead atoms. The predicted octanol–water partition coefficient (Wildman–Crippen LogP) is -0.282. The molecule has 1 aliphatic rings. The molecule has 9 N–H and O–H groups in total. The van der Waals surface area contributed by atoms with Crippen molar-refractivity contribution in [2.45, 2.75) is 24.9 Å². The van der Waals surface area contributed by atoms with Crippen LogP contribution in [0.3, 0.4) is 0 Å². The van der Waals surface area contributed by atoms with Crippen LogP contribution in [0.15, 0.2) is 29.1 Å². The van der Waals surface area contributed by atoms with Crippen LogP contribution in [0.4, 0.5) is 23.1 Å². The molecule has 13 nitrogen and oxygen atoms in total. The zero-order chi connectivity index (χ0) is 23.3. The van der Waals surface area contributed by atoms with Gasteiger partial charge >= 0.3 is 11.9 Å². The first kappa shape index (κ1) is 22.4. The monoisotopic (exact) mass is 445 g/mol. The van der Waals surface area contributed by atoms with Crippen LogP contribution in [0.25, 0.3) is 0 Å². The first-order chi connectivity index (χ1) is 15.2. The van der Waals surface area contributed by atoms with Crippen LogP contribution in [0, 0.1) is 0 Å². The van der Waals surface area contributed by atoms with E-state index in [1.807, 2.05) is 0 Å². The number of hydrogen-bond donors (Lipinski definition) is 8. The van der Waals surface area contributed by atoms with E-state index in [1.54, 1.807) is 12.1 Å². The van der Waals surface area contributed by atoms with Crippen molar-refractivity contribution in [1.82, 2.24) is 15.3 Å². The quantitative estimate of drug-likeness (QED) is 0.251. The summed E-state index contributed by atoms with van der Waals surface area (Å²) in [5.74, 6) is -2.64. The molecule has 1 unspecified atom stereocenters. The molecular weight excluding hydrogens is 422 g/mol. The molecule has 32 heavy (non-hydrogen) atoms. The minimum Gasteiger partial charge on any atom is -0.481 e. The Morgan fingerprint density at radius 3 is 2.59 bits per heavy atom. The second-order valence-electron chi connectivity index (χ2n) is 7.15. The highest BCUT2D eigenvalue weighted by Crippen LogP contribution is 2.20. The van der Waals surface area contributed by atoms with Gasteiger partial charge in [0.25, 0.3) is 11.5 Å². The van der Waals surface area contributed by atoms with Gasteiger partial charge in [-0.05, 0) is 30.7 Å². The maximum absolute atomic E-state index is 12.3. The van der Waals surface area contributed by atoms with Crippen LogP contribution in [-0.4, -0.2) is 63.2 Å². The first-order valence-electron chi connectivity index (χ1n) is 9.72. The summed E-state index contributed by atoms with van der Waals surface area (Å²) in [5, 5.41) is 29.5.